The van der Waals surface area contributed by atoms with Gasteiger partial charge >= 0.3 is 5.97 Å². The molecular weight excluding hydrogens is 290 g/mol. The van der Waals surface area contributed by atoms with Gasteiger partial charge in [0, 0.05) is 11.8 Å². The Labute approximate surface area is 136 Å². The normalized spacial score (nSPS) is 17.3. The number of hydrogen-bond acceptors (Lipinski definition) is 2. The predicted octanol–water partition coefficient (Wildman–Crippen LogP) is 4.15. The van der Waals surface area contributed by atoms with E-state index in [1.807, 2.05) is 6.08 Å². The van der Waals surface area contributed by atoms with Gasteiger partial charge in [-0.3, -0.25) is 4.79 Å². The minimum atomic E-state index is -1.00. The number of rotatable bonds is 4. The largest absolute Gasteiger partial charge is 0.478 e. The first-order valence-corrected chi connectivity index (χ1v) is 7.82. The lowest BCUT2D eigenvalue weighted by atomic mass is 9.73. The average Bonchev–Trinajstić information content (AvgIpc) is 2.49. The standard InChI is InChI=1S/C19H23NO3/c1-13-5-4-11-19(2,3)16(13)10-12-20-17(21)14-6-8-15(9-7-14)18(22)23/h6-10,12H,4-5,11H2,1-3H3,(H,20,21)(H,22,23)/b12-10+. The van der Waals surface area contributed by atoms with Crippen molar-refractivity contribution in [1.29, 1.82) is 0 Å². The van der Waals surface area contributed by atoms with Gasteiger partial charge in [0.25, 0.3) is 5.91 Å². The number of carboxylic acids is 1. The summed E-state index contributed by atoms with van der Waals surface area (Å²) in [5.74, 6) is -1.25. The van der Waals surface area contributed by atoms with Gasteiger partial charge < -0.3 is 10.4 Å². The highest BCUT2D eigenvalue weighted by Gasteiger charge is 2.26. The van der Waals surface area contributed by atoms with Gasteiger partial charge in [0.1, 0.15) is 0 Å². The lowest BCUT2D eigenvalue weighted by Gasteiger charge is -2.32. The van der Waals surface area contributed by atoms with Crippen LogP contribution in [0, 0.1) is 5.41 Å². The molecule has 2 N–H and O–H groups in total. The summed E-state index contributed by atoms with van der Waals surface area (Å²) in [7, 11) is 0. The van der Waals surface area contributed by atoms with Gasteiger partial charge in [0.2, 0.25) is 0 Å². The maximum absolute atomic E-state index is 12.1. The second-order valence-corrected chi connectivity index (χ2v) is 6.62. The lowest BCUT2D eigenvalue weighted by Crippen LogP contribution is -2.21. The number of allylic oxidation sites excluding steroid dienone is 3. The molecule has 0 saturated carbocycles. The van der Waals surface area contributed by atoms with Gasteiger partial charge in [-0.2, -0.15) is 0 Å². The molecule has 0 unspecified atom stereocenters. The molecule has 0 bridgehead atoms. The van der Waals surface area contributed by atoms with Crippen molar-refractivity contribution in [2.45, 2.75) is 40.0 Å². The van der Waals surface area contributed by atoms with Crippen LogP contribution in [0.25, 0.3) is 0 Å². The molecule has 4 nitrogen and oxygen atoms in total. The van der Waals surface area contributed by atoms with Crippen LogP contribution in [-0.4, -0.2) is 17.0 Å². The topological polar surface area (TPSA) is 66.4 Å². The first-order valence-electron chi connectivity index (χ1n) is 7.82. The molecule has 1 amide bonds. The molecule has 122 valence electrons. The highest BCUT2D eigenvalue weighted by molar-refractivity contribution is 5.96. The molecule has 1 aliphatic carbocycles. The van der Waals surface area contributed by atoms with Crippen molar-refractivity contribution in [3.8, 4) is 0 Å². The number of hydrogen-bond donors (Lipinski definition) is 2. The first-order chi connectivity index (χ1) is 10.8. The fourth-order valence-electron chi connectivity index (χ4n) is 3.06. The Balaban J connectivity index is 2.05. The van der Waals surface area contributed by atoms with Crippen molar-refractivity contribution < 1.29 is 14.7 Å². The molecule has 0 aromatic heterocycles. The van der Waals surface area contributed by atoms with Gasteiger partial charge in [-0.25, -0.2) is 4.79 Å². The fraction of sp³-hybridized carbons (Fsp3) is 0.368. The number of benzene rings is 1. The molecule has 4 heteroatoms. The van der Waals surface area contributed by atoms with Crippen molar-refractivity contribution in [1.82, 2.24) is 5.32 Å². The zero-order valence-electron chi connectivity index (χ0n) is 13.8. The van der Waals surface area contributed by atoms with Crippen LogP contribution in [0.15, 0.2) is 47.7 Å². The summed E-state index contributed by atoms with van der Waals surface area (Å²) in [5.41, 5.74) is 3.39. The van der Waals surface area contributed by atoms with Crippen LogP contribution < -0.4 is 5.32 Å². The molecule has 0 spiro atoms. The van der Waals surface area contributed by atoms with Crippen LogP contribution >= 0.6 is 0 Å². The van der Waals surface area contributed by atoms with E-state index in [0.29, 0.717) is 5.56 Å². The van der Waals surface area contributed by atoms with E-state index in [4.69, 9.17) is 5.11 Å². The Hall–Kier alpha value is -2.36. The second-order valence-electron chi connectivity index (χ2n) is 6.62. The SMILES string of the molecule is CC1=C(/C=C/NC(=O)c2ccc(C(=O)O)cc2)C(C)(C)CCC1. The molecule has 0 heterocycles. The summed E-state index contributed by atoms with van der Waals surface area (Å²) in [5, 5.41) is 11.6. The van der Waals surface area contributed by atoms with Crippen LogP contribution in [0.1, 0.15) is 60.7 Å². The van der Waals surface area contributed by atoms with E-state index >= 15 is 0 Å². The highest BCUT2D eigenvalue weighted by Crippen LogP contribution is 2.40. The smallest absolute Gasteiger partial charge is 0.335 e. The number of amides is 1. The van der Waals surface area contributed by atoms with Gasteiger partial charge in [0.05, 0.1) is 5.56 Å². The van der Waals surface area contributed by atoms with Crippen molar-refractivity contribution in [2.75, 3.05) is 0 Å². The molecule has 1 aromatic rings. The molecule has 0 atom stereocenters. The quantitative estimate of drug-likeness (QED) is 0.877. The number of aromatic carboxylic acids is 1. The van der Waals surface area contributed by atoms with Gasteiger partial charge in [0.15, 0.2) is 0 Å². The molecule has 1 aliphatic rings. The van der Waals surface area contributed by atoms with Crippen molar-refractivity contribution in [2.24, 2.45) is 5.41 Å². The third kappa shape index (κ3) is 4.09. The highest BCUT2D eigenvalue weighted by atomic mass is 16.4. The minimum absolute atomic E-state index is 0.132. The zero-order valence-corrected chi connectivity index (χ0v) is 13.8. The molecule has 23 heavy (non-hydrogen) atoms. The first kappa shape index (κ1) is 17.0. The van der Waals surface area contributed by atoms with E-state index < -0.39 is 5.97 Å². The Kier molecular flexibility index (Phi) is 5.04. The third-order valence-corrected chi connectivity index (χ3v) is 4.40. The Morgan fingerprint density at radius 3 is 2.35 bits per heavy atom. The van der Waals surface area contributed by atoms with Crippen LogP contribution in [0.4, 0.5) is 0 Å². The van der Waals surface area contributed by atoms with Crippen molar-refractivity contribution in [3.63, 3.8) is 0 Å². The summed E-state index contributed by atoms with van der Waals surface area (Å²) in [6.45, 7) is 6.59. The molecule has 1 aromatic carbocycles. The van der Waals surface area contributed by atoms with Crippen LogP contribution in [0.2, 0.25) is 0 Å². The molecule has 0 radical (unpaired) electrons. The van der Waals surface area contributed by atoms with E-state index in [2.05, 4.69) is 26.1 Å². The van der Waals surface area contributed by atoms with E-state index in [9.17, 15) is 9.59 Å². The van der Waals surface area contributed by atoms with E-state index in [1.165, 1.54) is 41.8 Å². The zero-order chi connectivity index (χ0) is 17.0. The molecule has 2 rings (SSSR count). The number of carbonyl (C=O) groups is 2. The Morgan fingerprint density at radius 1 is 1.17 bits per heavy atom. The van der Waals surface area contributed by atoms with Gasteiger partial charge in [-0.15, -0.1) is 0 Å². The maximum Gasteiger partial charge on any atom is 0.335 e. The average molecular weight is 313 g/mol. The molecule has 0 fully saturated rings. The third-order valence-electron chi connectivity index (χ3n) is 4.40. The molecule has 0 saturated heterocycles. The number of carbonyl (C=O) groups excluding carboxylic acids is 1. The monoisotopic (exact) mass is 313 g/mol. The van der Waals surface area contributed by atoms with Crippen molar-refractivity contribution >= 4 is 11.9 Å². The van der Waals surface area contributed by atoms with Crippen LogP contribution in [0.5, 0.6) is 0 Å². The minimum Gasteiger partial charge on any atom is -0.478 e. The van der Waals surface area contributed by atoms with Gasteiger partial charge in [-0.1, -0.05) is 19.4 Å². The van der Waals surface area contributed by atoms with E-state index in [-0.39, 0.29) is 16.9 Å². The fourth-order valence-corrected chi connectivity index (χ4v) is 3.06. The van der Waals surface area contributed by atoms with Crippen LogP contribution in [0.3, 0.4) is 0 Å². The van der Waals surface area contributed by atoms with Crippen molar-refractivity contribution in [3.05, 3.63) is 58.8 Å². The lowest BCUT2D eigenvalue weighted by molar-refractivity contribution is 0.0696. The summed E-state index contributed by atoms with van der Waals surface area (Å²) < 4.78 is 0. The summed E-state index contributed by atoms with van der Waals surface area (Å²) in [4.78, 5) is 22.9. The Bertz CT molecular complexity index is 666. The van der Waals surface area contributed by atoms with Gasteiger partial charge in [-0.05, 0) is 67.5 Å². The Morgan fingerprint density at radius 2 is 1.78 bits per heavy atom. The number of nitrogens with one attached hydrogen (secondary N) is 1. The summed E-state index contributed by atoms with van der Waals surface area (Å²) in [6.07, 6.45) is 7.12. The molecular formula is C19H23NO3. The molecule has 0 aliphatic heterocycles. The maximum atomic E-state index is 12.1. The van der Waals surface area contributed by atoms with E-state index in [0.717, 1.165) is 12.8 Å². The second kappa shape index (κ2) is 6.82. The number of carboxylic acid groups (broad SMARTS) is 1. The summed E-state index contributed by atoms with van der Waals surface area (Å²) in [6, 6.07) is 5.89. The van der Waals surface area contributed by atoms with Crippen LogP contribution in [-0.2, 0) is 0 Å². The predicted molar refractivity (Wildman–Crippen MR) is 90.3 cm³/mol. The van der Waals surface area contributed by atoms with E-state index in [1.54, 1.807) is 6.20 Å². The summed E-state index contributed by atoms with van der Waals surface area (Å²) >= 11 is 0.